The summed E-state index contributed by atoms with van der Waals surface area (Å²) < 4.78 is 28.3. The number of nitrogens with one attached hydrogen (secondary N) is 3. The molecule has 3 rings (SSSR count). The largest absolute Gasteiger partial charge is 0.323 e. The van der Waals surface area contributed by atoms with E-state index in [0.29, 0.717) is 11.3 Å². The first-order valence-corrected chi connectivity index (χ1v) is 10.7. The van der Waals surface area contributed by atoms with Gasteiger partial charge in [0.2, 0.25) is 15.9 Å². The lowest BCUT2D eigenvalue weighted by molar-refractivity contribution is -0.121. The van der Waals surface area contributed by atoms with Gasteiger partial charge in [0.15, 0.2) is 0 Å². The number of hydrazine groups is 1. The first-order chi connectivity index (χ1) is 13.5. The average Bonchev–Trinajstić information content (AvgIpc) is 3.40. The highest BCUT2D eigenvalue weighted by molar-refractivity contribution is 7.91. The fraction of sp³-hybridized carbons (Fsp3) is 0.111. The highest BCUT2D eigenvalue weighted by atomic mass is 32.2. The maximum atomic E-state index is 12.4. The summed E-state index contributed by atoms with van der Waals surface area (Å²) in [6.45, 7) is -0.0815. The summed E-state index contributed by atoms with van der Waals surface area (Å²) in [4.78, 5) is 24.3. The van der Waals surface area contributed by atoms with Crippen molar-refractivity contribution in [2.24, 2.45) is 0 Å². The second-order valence-corrected chi connectivity index (χ2v) is 8.63. The van der Waals surface area contributed by atoms with E-state index in [4.69, 9.17) is 0 Å². The number of carbonyl (C=O) groups excluding carboxylic acids is 2. The van der Waals surface area contributed by atoms with E-state index >= 15 is 0 Å². The number of amides is 2. The summed E-state index contributed by atoms with van der Waals surface area (Å²) in [6.07, 6.45) is 3.50. The molecule has 2 aromatic heterocycles. The third kappa shape index (κ3) is 4.85. The number of hydrogen-bond acceptors (Lipinski definition) is 5. The molecule has 3 aromatic rings. The molecule has 2 heterocycles. The van der Waals surface area contributed by atoms with E-state index in [1.807, 2.05) is 30.6 Å². The molecule has 3 N–H and O–H groups in total. The number of thiophene rings is 1. The Morgan fingerprint density at radius 3 is 2.43 bits per heavy atom. The first-order valence-electron chi connectivity index (χ1n) is 8.32. The van der Waals surface area contributed by atoms with Crippen LogP contribution < -0.4 is 15.6 Å². The molecule has 0 unspecified atom stereocenters. The van der Waals surface area contributed by atoms with Gasteiger partial charge < -0.3 is 4.57 Å². The Kier molecular flexibility index (Phi) is 6.24. The van der Waals surface area contributed by atoms with Gasteiger partial charge in [0.25, 0.3) is 5.91 Å². The van der Waals surface area contributed by atoms with Crippen molar-refractivity contribution in [3.63, 3.8) is 0 Å². The van der Waals surface area contributed by atoms with Gasteiger partial charge in [-0.25, -0.2) is 13.1 Å². The van der Waals surface area contributed by atoms with Crippen LogP contribution >= 0.6 is 11.3 Å². The van der Waals surface area contributed by atoms with Gasteiger partial charge in [-0.3, -0.25) is 20.4 Å². The lowest BCUT2D eigenvalue weighted by Gasteiger charge is -2.12. The number of hydrogen-bond donors (Lipinski definition) is 3. The molecule has 2 amide bonds. The van der Waals surface area contributed by atoms with Gasteiger partial charge in [0.05, 0.1) is 11.3 Å². The Balaban J connectivity index is 1.51. The van der Waals surface area contributed by atoms with Crippen LogP contribution in [0, 0.1) is 0 Å². The molecule has 0 aliphatic carbocycles. The van der Waals surface area contributed by atoms with Gasteiger partial charge in [-0.05, 0) is 35.7 Å². The van der Waals surface area contributed by atoms with Crippen LogP contribution in [0.2, 0.25) is 0 Å². The fourth-order valence-corrected chi connectivity index (χ4v) is 4.50. The molecule has 0 aliphatic heterocycles. The smallest absolute Gasteiger partial charge is 0.271 e. The van der Waals surface area contributed by atoms with Crippen molar-refractivity contribution in [3.8, 4) is 5.69 Å². The zero-order chi connectivity index (χ0) is 20.0. The monoisotopic (exact) mass is 418 g/mol. The van der Waals surface area contributed by atoms with Crippen LogP contribution in [-0.4, -0.2) is 31.3 Å². The Morgan fingerprint density at radius 2 is 1.71 bits per heavy atom. The lowest BCUT2D eigenvalue weighted by atomic mass is 10.1. The van der Waals surface area contributed by atoms with Crippen molar-refractivity contribution in [3.05, 3.63) is 71.9 Å². The van der Waals surface area contributed by atoms with E-state index < -0.39 is 21.8 Å². The third-order valence-electron chi connectivity index (χ3n) is 3.75. The molecule has 0 fully saturated rings. The van der Waals surface area contributed by atoms with Gasteiger partial charge >= 0.3 is 0 Å². The van der Waals surface area contributed by atoms with Crippen LogP contribution in [0.5, 0.6) is 0 Å². The molecular formula is C18H18N4O4S2. The van der Waals surface area contributed by atoms with Crippen molar-refractivity contribution in [1.82, 2.24) is 20.1 Å². The van der Waals surface area contributed by atoms with Crippen LogP contribution in [0.3, 0.4) is 0 Å². The number of aromatic nitrogens is 1. The van der Waals surface area contributed by atoms with E-state index in [2.05, 4.69) is 15.6 Å². The summed E-state index contributed by atoms with van der Waals surface area (Å²) in [6, 6.07) is 13.8. The summed E-state index contributed by atoms with van der Waals surface area (Å²) in [7, 11) is -3.62. The van der Waals surface area contributed by atoms with Gasteiger partial charge in [-0.15, -0.1) is 11.3 Å². The molecule has 0 atom stereocenters. The Bertz CT molecular complexity index is 1050. The molecular weight excluding hydrogens is 400 g/mol. The summed E-state index contributed by atoms with van der Waals surface area (Å²) in [5, 5.41) is 1.66. The highest BCUT2D eigenvalue weighted by Crippen LogP contribution is 2.15. The van der Waals surface area contributed by atoms with Crippen molar-refractivity contribution < 1.29 is 18.0 Å². The Labute approximate surface area is 166 Å². The quantitative estimate of drug-likeness (QED) is 0.507. The zero-order valence-corrected chi connectivity index (χ0v) is 16.3. The van der Waals surface area contributed by atoms with Crippen LogP contribution in [0.25, 0.3) is 5.69 Å². The Morgan fingerprint density at radius 1 is 0.964 bits per heavy atom. The molecule has 0 aliphatic rings. The third-order valence-corrected chi connectivity index (χ3v) is 6.61. The maximum absolute atomic E-state index is 12.4. The molecule has 0 radical (unpaired) electrons. The zero-order valence-electron chi connectivity index (χ0n) is 14.7. The minimum atomic E-state index is -3.62. The highest BCUT2D eigenvalue weighted by Gasteiger charge is 2.16. The lowest BCUT2D eigenvalue weighted by Crippen LogP contribution is -2.43. The number of rotatable bonds is 7. The van der Waals surface area contributed by atoms with E-state index in [0.717, 1.165) is 11.3 Å². The van der Waals surface area contributed by atoms with Crippen LogP contribution in [0.15, 0.2) is 70.5 Å². The minimum absolute atomic E-state index is 0.0815. The fourth-order valence-electron chi connectivity index (χ4n) is 2.43. The summed E-state index contributed by atoms with van der Waals surface area (Å²) in [5.74, 6) is -0.988. The topological polar surface area (TPSA) is 109 Å². The van der Waals surface area contributed by atoms with Gasteiger partial charge in [0.1, 0.15) is 4.21 Å². The molecule has 146 valence electrons. The summed E-state index contributed by atoms with van der Waals surface area (Å²) in [5.41, 5.74) is 5.70. The molecule has 0 spiro atoms. The van der Waals surface area contributed by atoms with Gasteiger partial charge in [-0.2, -0.15) is 0 Å². The molecule has 1 aromatic carbocycles. The van der Waals surface area contributed by atoms with Crippen LogP contribution in [0.1, 0.15) is 16.8 Å². The predicted molar refractivity (Wildman–Crippen MR) is 106 cm³/mol. The number of carbonyl (C=O) groups is 2. The second-order valence-electron chi connectivity index (χ2n) is 5.69. The maximum Gasteiger partial charge on any atom is 0.271 e. The molecule has 0 bridgehead atoms. The molecule has 0 saturated heterocycles. The van der Waals surface area contributed by atoms with E-state index in [1.54, 1.807) is 34.2 Å². The molecule has 28 heavy (non-hydrogen) atoms. The van der Waals surface area contributed by atoms with E-state index in [-0.39, 0.29) is 17.2 Å². The van der Waals surface area contributed by atoms with Crippen molar-refractivity contribution in [2.45, 2.75) is 10.6 Å². The average molecular weight is 419 g/mol. The van der Waals surface area contributed by atoms with Gasteiger partial charge in [-0.1, -0.05) is 18.2 Å². The van der Waals surface area contributed by atoms with Crippen molar-refractivity contribution in [1.29, 1.82) is 0 Å². The van der Waals surface area contributed by atoms with Crippen LogP contribution in [0.4, 0.5) is 0 Å². The number of sulfonamides is 1. The number of para-hydroxylation sites is 1. The van der Waals surface area contributed by atoms with Crippen LogP contribution in [-0.2, 0) is 14.8 Å². The Hall–Kier alpha value is -2.95. The molecule has 0 saturated carbocycles. The normalized spacial score (nSPS) is 11.1. The first kappa shape index (κ1) is 19.8. The van der Waals surface area contributed by atoms with Gasteiger partial charge in [0, 0.05) is 25.4 Å². The SMILES string of the molecule is O=C(CCNS(=O)(=O)c1cccs1)NNC(=O)c1ccccc1-n1cccc1. The van der Waals surface area contributed by atoms with E-state index in [9.17, 15) is 18.0 Å². The minimum Gasteiger partial charge on any atom is -0.323 e. The standard InChI is InChI=1S/C18H18N4O4S2/c23-16(9-10-19-28(25,26)17-8-5-13-27-17)20-21-18(24)14-6-1-2-7-15(14)22-11-3-4-12-22/h1-8,11-13,19H,9-10H2,(H,20,23)(H,21,24). The summed E-state index contributed by atoms with van der Waals surface area (Å²) >= 11 is 1.09. The number of nitrogens with zero attached hydrogens (tertiary/aromatic N) is 1. The van der Waals surface area contributed by atoms with Crippen molar-refractivity contribution >= 4 is 33.2 Å². The van der Waals surface area contributed by atoms with E-state index in [1.165, 1.54) is 6.07 Å². The van der Waals surface area contributed by atoms with Crippen molar-refractivity contribution in [2.75, 3.05) is 6.54 Å². The molecule has 8 nitrogen and oxygen atoms in total. The molecule has 10 heteroatoms. The predicted octanol–water partition coefficient (Wildman–Crippen LogP) is 1.67. The number of benzene rings is 1. The second kappa shape index (κ2) is 8.83.